The Hall–Kier alpha value is -3.28. The molecule has 0 spiro atoms. The molecule has 1 N–H and O–H groups in total. The molecule has 1 amide bonds. The highest BCUT2D eigenvalue weighted by molar-refractivity contribution is 5.97. The number of para-hydroxylation sites is 1. The van der Waals surface area contributed by atoms with E-state index in [0.29, 0.717) is 22.5 Å². The summed E-state index contributed by atoms with van der Waals surface area (Å²) in [4.78, 5) is 32.7. The lowest BCUT2D eigenvalue weighted by Gasteiger charge is -2.15. The van der Waals surface area contributed by atoms with Crippen molar-refractivity contribution in [2.75, 3.05) is 11.9 Å². The van der Waals surface area contributed by atoms with Crippen LogP contribution in [0.1, 0.15) is 42.1 Å². The van der Waals surface area contributed by atoms with Crippen LogP contribution in [-0.2, 0) is 9.53 Å². The zero-order valence-corrected chi connectivity index (χ0v) is 15.3. The highest BCUT2D eigenvalue weighted by Gasteiger charge is 2.14. The van der Waals surface area contributed by atoms with Gasteiger partial charge in [-0.3, -0.25) is 14.8 Å². The number of ether oxygens (including phenoxy) is 1. The number of benzene rings is 2. The van der Waals surface area contributed by atoms with Gasteiger partial charge < -0.3 is 10.1 Å². The summed E-state index contributed by atoms with van der Waals surface area (Å²) in [6.07, 6.45) is 4.11. The summed E-state index contributed by atoms with van der Waals surface area (Å²) in [6, 6.07) is 12.6. The first-order chi connectivity index (χ1) is 13.1. The zero-order valence-electron chi connectivity index (χ0n) is 15.3. The lowest BCUT2D eigenvalue weighted by atomic mass is 9.97. The van der Waals surface area contributed by atoms with E-state index in [1.807, 2.05) is 24.3 Å². The van der Waals surface area contributed by atoms with Gasteiger partial charge in [-0.25, -0.2) is 4.79 Å². The van der Waals surface area contributed by atoms with Crippen molar-refractivity contribution in [1.29, 1.82) is 0 Å². The van der Waals surface area contributed by atoms with Crippen LogP contribution >= 0.6 is 0 Å². The van der Waals surface area contributed by atoms with E-state index in [0.717, 1.165) is 17.7 Å². The van der Waals surface area contributed by atoms with Crippen molar-refractivity contribution in [1.82, 2.24) is 9.97 Å². The van der Waals surface area contributed by atoms with E-state index >= 15 is 0 Å². The predicted molar refractivity (Wildman–Crippen MR) is 104 cm³/mol. The molecule has 1 aromatic heterocycles. The van der Waals surface area contributed by atoms with E-state index in [1.54, 1.807) is 30.6 Å². The summed E-state index contributed by atoms with van der Waals surface area (Å²) in [7, 11) is 0. The van der Waals surface area contributed by atoms with Crippen LogP contribution in [0.2, 0.25) is 0 Å². The van der Waals surface area contributed by atoms with Crippen LogP contribution in [0.4, 0.5) is 5.69 Å². The van der Waals surface area contributed by atoms with Gasteiger partial charge in [0.1, 0.15) is 0 Å². The topological polar surface area (TPSA) is 81.2 Å². The average Bonchev–Trinajstić information content (AvgIpc) is 2.71. The number of esters is 1. The molecule has 6 nitrogen and oxygen atoms in total. The summed E-state index contributed by atoms with van der Waals surface area (Å²) in [5.74, 6) is -0.629. The molecule has 2 aromatic carbocycles. The fourth-order valence-corrected chi connectivity index (χ4v) is 2.75. The molecular weight excluding hydrogens is 342 g/mol. The summed E-state index contributed by atoms with van der Waals surface area (Å²) in [5.41, 5.74) is 3.42. The van der Waals surface area contributed by atoms with Gasteiger partial charge in [-0.15, -0.1) is 0 Å². The number of hydrogen-bond donors (Lipinski definition) is 1. The Morgan fingerprint density at radius 3 is 2.59 bits per heavy atom. The van der Waals surface area contributed by atoms with Crippen LogP contribution in [0.3, 0.4) is 0 Å². The Balaban J connectivity index is 1.62. The van der Waals surface area contributed by atoms with Crippen LogP contribution in [0.5, 0.6) is 0 Å². The molecular formula is C21H21N3O3. The maximum atomic E-state index is 12.2. The van der Waals surface area contributed by atoms with E-state index < -0.39 is 5.97 Å². The van der Waals surface area contributed by atoms with Crippen LogP contribution in [0.15, 0.2) is 54.9 Å². The molecule has 1 heterocycles. The summed E-state index contributed by atoms with van der Waals surface area (Å²) >= 11 is 0. The highest BCUT2D eigenvalue weighted by Crippen LogP contribution is 2.26. The minimum Gasteiger partial charge on any atom is -0.452 e. The minimum absolute atomic E-state index is 0.322. The molecule has 1 atom stereocenters. The van der Waals surface area contributed by atoms with E-state index in [-0.39, 0.29) is 12.5 Å². The maximum absolute atomic E-state index is 12.2. The van der Waals surface area contributed by atoms with Crippen molar-refractivity contribution < 1.29 is 14.3 Å². The minimum atomic E-state index is -0.576. The number of nitrogens with one attached hydrogen (secondary N) is 1. The molecule has 0 radical (unpaired) electrons. The SMILES string of the molecule is CC[C@H](C)c1ccccc1NC(=O)COC(=O)c1ccc2nccnc2c1. The van der Waals surface area contributed by atoms with E-state index in [9.17, 15) is 9.59 Å². The normalized spacial score (nSPS) is 11.8. The Morgan fingerprint density at radius 2 is 1.81 bits per heavy atom. The second-order valence-corrected chi connectivity index (χ2v) is 6.28. The van der Waals surface area contributed by atoms with Gasteiger partial charge in [0.15, 0.2) is 6.61 Å². The first-order valence-electron chi connectivity index (χ1n) is 8.85. The number of amides is 1. The number of rotatable bonds is 6. The lowest BCUT2D eigenvalue weighted by molar-refractivity contribution is -0.119. The third-order valence-electron chi connectivity index (χ3n) is 4.42. The van der Waals surface area contributed by atoms with Gasteiger partial charge in [0.2, 0.25) is 0 Å². The van der Waals surface area contributed by atoms with E-state index in [2.05, 4.69) is 29.1 Å². The van der Waals surface area contributed by atoms with Crippen LogP contribution in [-0.4, -0.2) is 28.5 Å². The second-order valence-electron chi connectivity index (χ2n) is 6.28. The van der Waals surface area contributed by atoms with Gasteiger partial charge in [-0.2, -0.15) is 0 Å². The Bertz CT molecular complexity index is 972. The summed E-state index contributed by atoms with van der Waals surface area (Å²) in [5, 5.41) is 2.82. The van der Waals surface area contributed by atoms with Crippen LogP contribution in [0, 0.1) is 0 Å². The average molecular weight is 363 g/mol. The van der Waals surface area contributed by atoms with Crippen molar-refractivity contribution in [3.63, 3.8) is 0 Å². The molecule has 0 aliphatic rings. The fourth-order valence-electron chi connectivity index (χ4n) is 2.75. The van der Waals surface area contributed by atoms with Gasteiger partial charge in [0.05, 0.1) is 16.6 Å². The Labute approximate surface area is 157 Å². The molecule has 3 rings (SSSR count). The molecule has 6 heteroatoms. The fraction of sp³-hybridized carbons (Fsp3) is 0.238. The molecule has 3 aromatic rings. The number of nitrogens with zero attached hydrogens (tertiary/aromatic N) is 2. The number of carbonyl (C=O) groups excluding carboxylic acids is 2. The molecule has 0 aliphatic heterocycles. The predicted octanol–water partition coefficient (Wildman–Crippen LogP) is 3.94. The third-order valence-corrected chi connectivity index (χ3v) is 4.42. The molecule has 138 valence electrons. The highest BCUT2D eigenvalue weighted by atomic mass is 16.5. The van der Waals surface area contributed by atoms with E-state index in [1.165, 1.54) is 0 Å². The molecule has 0 saturated carbocycles. The molecule has 0 fully saturated rings. The van der Waals surface area contributed by atoms with Crippen molar-refractivity contribution in [3.8, 4) is 0 Å². The van der Waals surface area contributed by atoms with Crippen molar-refractivity contribution in [2.45, 2.75) is 26.2 Å². The first-order valence-corrected chi connectivity index (χ1v) is 8.85. The van der Waals surface area contributed by atoms with E-state index in [4.69, 9.17) is 4.74 Å². The summed E-state index contributed by atoms with van der Waals surface area (Å²) < 4.78 is 5.14. The Morgan fingerprint density at radius 1 is 1.07 bits per heavy atom. The standard InChI is InChI=1S/C21H21N3O3/c1-3-14(2)16-6-4-5-7-17(16)24-20(25)13-27-21(26)15-8-9-18-19(12-15)23-11-10-22-18/h4-12,14H,3,13H2,1-2H3,(H,24,25)/t14-/m0/s1. The largest absolute Gasteiger partial charge is 0.452 e. The monoisotopic (exact) mass is 363 g/mol. The number of fused-ring (bicyclic) bond motifs is 1. The molecule has 0 bridgehead atoms. The maximum Gasteiger partial charge on any atom is 0.338 e. The van der Waals surface area contributed by atoms with Crippen LogP contribution < -0.4 is 5.32 Å². The molecule has 0 unspecified atom stereocenters. The zero-order chi connectivity index (χ0) is 19.2. The van der Waals surface area contributed by atoms with Gasteiger partial charge in [0.25, 0.3) is 5.91 Å². The molecule has 27 heavy (non-hydrogen) atoms. The van der Waals surface area contributed by atoms with Gasteiger partial charge in [0, 0.05) is 18.1 Å². The third kappa shape index (κ3) is 4.47. The number of carbonyl (C=O) groups is 2. The first kappa shape index (κ1) is 18.5. The molecule has 0 saturated heterocycles. The van der Waals surface area contributed by atoms with Crippen molar-refractivity contribution in [3.05, 3.63) is 66.0 Å². The van der Waals surface area contributed by atoms with Crippen molar-refractivity contribution >= 4 is 28.6 Å². The summed E-state index contributed by atoms with van der Waals surface area (Å²) in [6.45, 7) is 3.85. The van der Waals surface area contributed by atoms with Gasteiger partial charge in [-0.05, 0) is 42.2 Å². The number of anilines is 1. The van der Waals surface area contributed by atoms with Gasteiger partial charge >= 0.3 is 5.97 Å². The van der Waals surface area contributed by atoms with Gasteiger partial charge in [-0.1, -0.05) is 32.0 Å². The number of aromatic nitrogens is 2. The number of hydrogen-bond acceptors (Lipinski definition) is 5. The second kappa shape index (κ2) is 8.40. The van der Waals surface area contributed by atoms with Crippen molar-refractivity contribution in [2.24, 2.45) is 0 Å². The lowest BCUT2D eigenvalue weighted by Crippen LogP contribution is -2.21. The Kier molecular flexibility index (Phi) is 5.76. The smallest absolute Gasteiger partial charge is 0.338 e. The quantitative estimate of drug-likeness (QED) is 0.671. The molecule has 0 aliphatic carbocycles. The van der Waals surface area contributed by atoms with Crippen LogP contribution in [0.25, 0.3) is 11.0 Å².